The quantitative estimate of drug-likeness (QED) is 0.816. The van der Waals surface area contributed by atoms with Crippen molar-refractivity contribution in [3.8, 4) is 5.75 Å². The van der Waals surface area contributed by atoms with Gasteiger partial charge in [0, 0.05) is 5.02 Å². The minimum Gasteiger partial charge on any atom is -0.508 e. The molecular formula is C20H21ClO2. The number of aromatic hydroxyl groups is 1. The molecule has 1 spiro atoms. The Morgan fingerprint density at radius 1 is 1.09 bits per heavy atom. The Morgan fingerprint density at radius 3 is 2.61 bits per heavy atom. The minimum absolute atomic E-state index is 0.194. The highest BCUT2D eigenvalue weighted by atomic mass is 35.5. The van der Waals surface area contributed by atoms with Gasteiger partial charge in [-0.05, 0) is 73.4 Å². The first-order chi connectivity index (χ1) is 11.1. The first kappa shape index (κ1) is 15.0. The second-order valence-corrected chi connectivity index (χ2v) is 7.28. The third-order valence-electron chi connectivity index (χ3n) is 5.07. The van der Waals surface area contributed by atoms with E-state index >= 15 is 0 Å². The fraction of sp³-hybridized carbons (Fsp3) is 0.400. The lowest BCUT2D eigenvalue weighted by Crippen LogP contribution is -2.23. The summed E-state index contributed by atoms with van der Waals surface area (Å²) < 4.78 is 6.36. The number of phenols is 1. The van der Waals surface area contributed by atoms with Crippen LogP contribution >= 0.6 is 11.6 Å². The van der Waals surface area contributed by atoms with Crippen LogP contribution in [0.25, 0.3) is 0 Å². The highest BCUT2D eigenvalue weighted by Crippen LogP contribution is 2.51. The standard InChI is InChI=1S/C20H21ClO2/c21-18-8-5-15(19-2-1-9-20(23-19)10-11-20)13-16(18)12-14-3-6-17(22)7-4-14/h3-8,13,19,22H,1-2,9-12H2. The van der Waals surface area contributed by atoms with Gasteiger partial charge < -0.3 is 9.84 Å². The molecule has 4 rings (SSSR count). The fourth-order valence-electron chi connectivity index (χ4n) is 3.54. The molecule has 23 heavy (non-hydrogen) atoms. The predicted molar refractivity (Wildman–Crippen MR) is 92.0 cm³/mol. The van der Waals surface area contributed by atoms with Gasteiger partial charge in [-0.25, -0.2) is 0 Å². The lowest BCUT2D eigenvalue weighted by molar-refractivity contribution is -0.0692. The van der Waals surface area contributed by atoms with Gasteiger partial charge in [0.15, 0.2) is 0 Å². The maximum atomic E-state index is 9.40. The number of benzene rings is 2. The Hall–Kier alpha value is -1.51. The normalized spacial score (nSPS) is 22.2. The summed E-state index contributed by atoms with van der Waals surface area (Å²) in [4.78, 5) is 0. The molecule has 1 N–H and O–H groups in total. The number of ether oxygens (including phenoxy) is 1. The van der Waals surface area contributed by atoms with Crippen molar-refractivity contribution < 1.29 is 9.84 Å². The van der Waals surface area contributed by atoms with Crippen molar-refractivity contribution in [2.45, 2.75) is 50.2 Å². The molecule has 2 nitrogen and oxygen atoms in total. The van der Waals surface area contributed by atoms with Crippen molar-refractivity contribution in [2.75, 3.05) is 0 Å². The van der Waals surface area contributed by atoms with Gasteiger partial charge in [-0.1, -0.05) is 35.9 Å². The fourth-order valence-corrected chi connectivity index (χ4v) is 3.72. The SMILES string of the molecule is Oc1ccc(Cc2cc(C3CCCC4(CC4)O3)ccc2Cl)cc1. The van der Waals surface area contributed by atoms with E-state index in [-0.39, 0.29) is 11.7 Å². The lowest BCUT2D eigenvalue weighted by atomic mass is 9.95. The maximum Gasteiger partial charge on any atom is 0.115 e. The highest BCUT2D eigenvalue weighted by molar-refractivity contribution is 6.31. The van der Waals surface area contributed by atoms with Gasteiger partial charge in [0.2, 0.25) is 0 Å². The molecule has 1 unspecified atom stereocenters. The molecule has 3 heteroatoms. The van der Waals surface area contributed by atoms with E-state index in [4.69, 9.17) is 16.3 Å². The zero-order valence-electron chi connectivity index (χ0n) is 13.1. The van der Waals surface area contributed by atoms with Crippen LogP contribution in [0.1, 0.15) is 54.9 Å². The molecule has 1 aliphatic carbocycles. The topological polar surface area (TPSA) is 29.5 Å². The second kappa shape index (κ2) is 5.85. The van der Waals surface area contributed by atoms with Crippen LogP contribution in [-0.4, -0.2) is 10.7 Å². The van der Waals surface area contributed by atoms with Crippen LogP contribution < -0.4 is 0 Å². The van der Waals surface area contributed by atoms with E-state index < -0.39 is 0 Å². The molecule has 2 aromatic rings. The number of rotatable bonds is 3. The van der Waals surface area contributed by atoms with Crippen LogP contribution in [0.4, 0.5) is 0 Å². The van der Waals surface area contributed by atoms with Gasteiger partial charge in [-0.3, -0.25) is 0 Å². The second-order valence-electron chi connectivity index (χ2n) is 6.88. The molecule has 0 radical (unpaired) electrons. The summed E-state index contributed by atoms with van der Waals surface area (Å²) in [6.07, 6.45) is 6.99. The lowest BCUT2D eigenvalue weighted by Gasteiger charge is -2.31. The molecule has 0 aromatic heterocycles. The average molecular weight is 329 g/mol. The predicted octanol–water partition coefficient (Wildman–Crippen LogP) is 5.41. The number of halogens is 1. The van der Waals surface area contributed by atoms with Crippen LogP contribution in [0.2, 0.25) is 5.02 Å². The van der Waals surface area contributed by atoms with Crippen molar-refractivity contribution >= 4 is 11.6 Å². The third-order valence-corrected chi connectivity index (χ3v) is 5.44. The molecule has 2 fully saturated rings. The Kier molecular flexibility index (Phi) is 3.82. The summed E-state index contributed by atoms with van der Waals surface area (Å²) in [7, 11) is 0. The molecule has 1 saturated carbocycles. The zero-order chi connectivity index (χ0) is 15.9. The number of hydrogen-bond donors (Lipinski definition) is 1. The molecule has 2 aliphatic rings. The Bertz CT molecular complexity index is 704. The number of hydrogen-bond acceptors (Lipinski definition) is 2. The van der Waals surface area contributed by atoms with Crippen LogP contribution in [0, 0.1) is 0 Å². The first-order valence-corrected chi connectivity index (χ1v) is 8.75. The Morgan fingerprint density at radius 2 is 1.87 bits per heavy atom. The molecule has 0 amide bonds. The van der Waals surface area contributed by atoms with E-state index in [1.165, 1.54) is 31.2 Å². The smallest absolute Gasteiger partial charge is 0.115 e. The van der Waals surface area contributed by atoms with E-state index in [1.807, 2.05) is 18.2 Å². The molecule has 1 atom stereocenters. The minimum atomic E-state index is 0.194. The van der Waals surface area contributed by atoms with Gasteiger partial charge in [0.05, 0.1) is 11.7 Å². The molecule has 120 valence electrons. The average Bonchev–Trinajstić information content (AvgIpc) is 3.30. The van der Waals surface area contributed by atoms with Gasteiger partial charge in [0.1, 0.15) is 5.75 Å². The van der Waals surface area contributed by atoms with Crippen molar-refractivity contribution in [2.24, 2.45) is 0 Å². The third kappa shape index (κ3) is 3.24. The van der Waals surface area contributed by atoms with Crippen LogP contribution in [0.5, 0.6) is 5.75 Å². The van der Waals surface area contributed by atoms with E-state index in [0.29, 0.717) is 5.75 Å². The van der Waals surface area contributed by atoms with Crippen LogP contribution in [0.3, 0.4) is 0 Å². The van der Waals surface area contributed by atoms with Gasteiger partial charge in [0.25, 0.3) is 0 Å². The summed E-state index contributed by atoms with van der Waals surface area (Å²) in [5.74, 6) is 0.291. The van der Waals surface area contributed by atoms with Crippen molar-refractivity contribution in [3.63, 3.8) is 0 Å². The van der Waals surface area contributed by atoms with Crippen LogP contribution in [0.15, 0.2) is 42.5 Å². The molecular weight excluding hydrogens is 308 g/mol. The van der Waals surface area contributed by atoms with Gasteiger partial charge in [-0.2, -0.15) is 0 Å². The maximum absolute atomic E-state index is 9.40. The summed E-state index contributed by atoms with van der Waals surface area (Å²) in [5.41, 5.74) is 3.70. The Labute approximate surface area is 142 Å². The largest absolute Gasteiger partial charge is 0.508 e. The van der Waals surface area contributed by atoms with Gasteiger partial charge >= 0.3 is 0 Å². The summed E-state index contributed by atoms with van der Waals surface area (Å²) in [6.45, 7) is 0. The molecule has 0 bridgehead atoms. The monoisotopic (exact) mass is 328 g/mol. The van der Waals surface area contributed by atoms with E-state index in [9.17, 15) is 5.11 Å². The van der Waals surface area contributed by atoms with E-state index in [1.54, 1.807) is 12.1 Å². The number of phenolic OH excluding ortho intramolecular Hbond substituents is 1. The summed E-state index contributed by atoms with van der Waals surface area (Å²) >= 11 is 6.39. The van der Waals surface area contributed by atoms with E-state index in [2.05, 4.69) is 12.1 Å². The molecule has 2 aromatic carbocycles. The Balaban J connectivity index is 1.56. The van der Waals surface area contributed by atoms with Crippen molar-refractivity contribution in [3.05, 3.63) is 64.2 Å². The summed E-state index contributed by atoms with van der Waals surface area (Å²) in [6, 6.07) is 13.6. The van der Waals surface area contributed by atoms with Crippen LogP contribution in [-0.2, 0) is 11.2 Å². The molecule has 1 aliphatic heterocycles. The van der Waals surface area contributed by atoms with Crippen molar-refractivity contribution in [1.29, 1.82) is 0 Å². The molecule has 1 saturated heterocycles. The first-order valence-electron chi connectivity index (χ1n) is 8.38. The van der Waals surface area contributed by atoms with E-state index in [0.717, 1.165) is 29.0 Å². The molecule has 1 heterocycles. The van der Waals surface area contributed by atoms with Gasteiger partial charge in [-0.15, -0.1) is 0 Å². The summed E-state index contributed by atoms with van der Waals surface area (Å²) in [5, 5.41) is 10.2. The zero-order valence-corrected chi connectivity index (χ0v) is 13.9. The highest BCUT2D eigenvalue weighted by Gasteiger charge is 2.47. The van der Waals surface area contributed by atoms with Crippen molar-refractivity contribution in [1.82, 2.24) is 0 Å².